The van der Waals surface area contributed by atoms with Gasteiger partial charge in [0.2, 0.25) is 0 Å². The second-order valence-corrected chi connectivity index (χ2v) is 3.03. The average Bonchev–Trinajstić information content (AvgIpc) is 1.84. The fraction of sp³-hybridized carbons (Fsp3) is 0.857. The van der Waals surface area contributed by atoms with Gasteiger partial charge in [0.15, 0.2) is 5.96 Å². The van der Waals surface area contributed by atoms with Crippen molar-refractivity contribution in [2.75, 3.05) is 7.05 Å². The number of guanidine groups is 1. The van der Waals surface area contributed by atoms with Crippen LogP contribution in [-0.2, 0) is 0 Å². The molecule has 0 amide bonds. The highest BCUT2D eigenvalue weighted by molar-refractivity contribution is 5.78. The fourth-order valence-corrected chi connectivity index (χ4v) is 1.29. The Kier molecular flexibility index (Phi) is 2.14. The highest BCUT2D eigenvalue weighted by atomic mass is 15.1. The smallest absolute Gasteiger partial charge is 0.188 e. The molecule has 1 rings (SSSR count). The summed E-state index contributed by atoms with van der Waals surface area (Å²) in [7, 11) is 1.70. The van der Waals surface area contributed by atoms with Crippen molar-refractivity contribution in [3.63, 3.8) is 0 Å². The highest BCUT2D eigenvalue weighted by Crippen LogP contribution is 2.25. The summed E-state index contributed by atoms with van der Waals surface area (Å²) >= 11 is 0. The van der Waals surface area contributed by atoms with Gasteiger partial charge >= 0.3 is 0 Å². The molecule has 3 N–H and O–H groups in total. The van der Waals surface area contributed by atoms with E-state index in [9.17, 15) is 0 Å². The van der Waals surface area contributed by atoms with Crippen LogP contribution in [0.3, 0.4) is 0 Å². The van der Waals surface area contributed by atoms with Gasteiger partial charge in [-0.05, 0) is 18.8 Å². The molecular formula is C7H15N3. The summed E-state index contributed by atoms with van der Waals surface area (Å²) in [6.45, 7) is 2.25. The molecule has 0 radical (unpaired) electrons. The van der Waals surface area contributed by atoms with Gasteiger partial charge in [-0.1, -0.05) is 6.92 Å². The van der Waals surface area contributed by atoms with Crippen molar-refractivity contribution in [2.24, 2.45) is 16.6 Å². The lowest BCUT2D eigenvalue weighted by atomic mass is 9.82. The van der Waals surface area contributed by atoms with Crippen LogP contribution in [0.25, 0.3) is 0 Å². The van der Waals surface area contributed by atoms with E-state index in [1.54, 1.807) is 7.05 Å². The number of nitrogens with one attached hydrogen (secondary N) is 1. The number of rotatable bonds is 1. The Morgan fingerprint density at radius 3 is 2.60 bits per heavy atom. The van der Waals surface area contributed by atoms with E-state index in [2.05, 4.69) is 17.2 Å². The van der Waals surface area contributed by atoms with E-state index in [4.69, 9.17) is 5.73 Å². The molecule has 1 aliphatic rings. The van der Waals surface area contributed by atoms with Crippen LogP contribution >= 0.6 is 0 Å². The van der Waals surface area contributed by atoms with Gasteiger partial charge in [-0.25, -0.2) is 0 Å². The van der Waals surface area contributed by atoms with Gasteiger partial charge in [0.05, 0.1) is 0 Å². The van der Waals surface area contributed by atoms with Gasteiger partial charge in [-0.2, -0.15) is 0 Å². The zero-order valence-electron chi connectivity index (χ0n) is 6.59. The molecule has 0 bridgehead atoms. The molecule has 0 spiro atoms. The molecule has 3 nitrogen and oxygen atoms in total. The van der Waals surface area contributed by atoms with E-state index >= 15 is 0 Å². The van der Waals surface area contributed by atoms with Crippen molar-refractivity contribution in [3.05, 3.63) is 0 Å². The Hall–Kier alpha value is -0.730. The Labute approximate surface area is 61.7 Å². The van der Waals surface area contributed by atoms with Crippen LogP contribution in [0, 0.1) is 5.92 Å². The summed E-state index contributed by atoms with van der Waals surface area (Å²) in [5.41, 5.74) is 5.47. The van der Waals surface area contributed by atoms with Crippen LogP contribution in [0.4, 0.5) is 0 Å². The van der Waals surface area contributed by atoms with Crippen molar-refractivity contribution in [2.45, 2.75) is 25.8 Å². The van der Waals surface area contributed by atoms with Gasteiger partial charge in [-0.3, -0.25) is 4.99 Å². The van der Waals surface area contributed by atoms with E-state index in [1.807, 2.05) is 0 Å². The zero-order chi connectivity index (χ0) is 7.56. The molecule has 0 unspecified atom stereocenters. The maximum Gasteiger partial charge on any atom is 0.188 e. The number of nitrogens with two attached hydrogens (primary N) is 1. The third-order valence-corrected chi connectivity index (χ3v) is 1.97. The standard InChI is InChI=1S/C7H15N3/c1-5-3-6(4-5)10-7(8)9-2/h5-6H,3-4H2,1-2H3,(H3,8,9,10). The van der Waals surface area contributed by atoms with Gasteiger partial charge in [0.25, 0.3) is 0 Å². The predicted octanol–water partition coefficient (Wildman–Crippen LogP) is 0.319. The number of hydrogen-bond donors (Lipinski definition) is 2. The summed E-state index contributed by atoms with van der Waals surface area (Å²) in [5, 5.41) is 3.12. The number of aliphatic imine (C=N–C) groups is 1. The van der Waals surface area contributed by atoms with Crippen LogP contribution in [0.5, 0.6) is 0 Å². The monoisotopic (exact) mass is 141 g/mol. The molecule has 0 aromatic carbocycles. The van der Waals surface area contributed by atoms with E-state index in [0.717, 1.165) is 5.92 Å². The summed E-state index contributed by atoms with van der Waals surface area (Å²) in [4.78, 5) is 3.82. The van der Waals surface area contributed by atoms with E-state index in [0.29, 0.717) is 12.0 Å². The minimum atomic E-state index is 0.567. The van der Waals surface area contributed by atoms with Crippen molar-refractivity contribution in [3.8, 4) is 0 Å². The molecule has 0 aromatic heterocycles. The van der Waals surface area contributed by atoms with Gasteiger partial charge in [0, 0.05) is 13.1 Å². The second-order valence-electron chi connectivity index (χ2n) is 3.03. The molecule has 0 aliphatic heterocycles. The van der Waals surface area contributed by atoms with E-state index in [-0.39, 0.29) is 0 Å². The molecule has 0 aromatic rings. The van der Waals surface area contributed by atoms with Gasteiger partial charge in [0.1, 0.15) is 0 Å². The first-order valence-electron chi connectivity index (χ1n) is 3.71. The maximum absolute atomic E-state index is 5.47. The summed E-state index contributed by atoms with van der Waals surface area (Å²) < 4.78 is 0. The topological polar surface area (TPSA) is 50.4 Å². The quantitative estimate of drug-likeness (QED) is 0.408. The largest absolute Gasteiger partial charge is 0.370 e. The Balaban J connectivity index is 2.16. The van der Waals surface area contributed by atoms with Gasteiger partial charge < -0.3 is 11.1 Å². The first kappa shape index (κ1) is 7.38. The first-order valence-corrected chi connectivity index (χ1v) is 3.71. The minimum absolute atomic E-state index is 0.567. The number of nitrogens with zero attached hydrogens (tertiary/aromatic N) is 1. The van der Waals surface area contributed by atoms with Crippen molar-refractivity contribution < 1.29 is 0 Å². The Bertz CT molecular complexity index is 136. The van der Waals surface area contributed by atoms with Crippen molar-refractivity contribution in [1.82, 2.24) is 5.32 Å². The Morgan fingerprint density at radius 2 is 2.20 bits per heavy atom. The normalized spacial score (nSPS) is 33.2. The Morgan fingerprint density at radius 1 is 1.60 bits per heavy atom. The van der Waals surface area contributed by atoms with Crippen LogP contribution in [0.1, 0.15) is 19.8 Å². The molecule has 1 aliphatic carbocycles. The molecule has 0 atom stereocenters. The maximum atomic E-state index is 5.47. The third-order valence-electron chi connectivity index (χ3n) is 1.97. The van der Waals surface area contributed by atoms with Gasteiger partial charge in [-0.15, -0.1) is 0 Å². The molecule has 3 heteroatoms. The lowest BCUT2D eigenvalue weighted by molar-refractivity contribution is 0.267. The van der Waals surface area contributed by atoms with Crippen LogP contribution in [-0.4, -0.2) is 19.0 Å². The molecule has 1 saturated carbocycles. The van der Waals surface area contributed by atoms with Crippen LogP contribution < -0.4 is 11.1 Å². The van der Waals surface area contributed by atoms with E-state index in [1.165, 1.54) is 12.8 Å². The van der Waals surface area contributed by atoms with Crippen molar-refractivity contribution >= 4 is 5.96 Å². The van der Waals surface area contributed by atoms with Crippen molar-refractivity contribution in [1.29, 1.82) is 0 Å². The molecule has 0 heterocycles. The summed E-state index contributed by atoms with van der Waals surface area (Å²) in [5.74, 6) is 1.43. The number of hydrogen-bond acceptors (Lipinski definition) is 1. The predicted molar refractivity (Wildman–Crippen MR) is 42.9 cm³/mol. The SMILES string of the molecule is CN=C(N)NC1CC(C)C1. The van der Waals surface area contributed by atoms with E-state index < -0.39 is 0 Å². The van der Waals surface area contributed by atoms with Crippen LogP contribution in [0.15, 0.2) is 4.99 Å². The highest BCUT2D eigenvalue weighted by Gasteiger charge is 2.24. The molecule has 1 fully saturated rings. The zero-order valence-corrected chi connectivity index (χ0v) is 6.59. The fourth-order valence-electron chi connectivity index (χ4n) is 1.29. The summed E-state index contributed by atoms with van der Waals surface area (Å²) in [6.07, 6.45) is 2.46. The lowest BCUT2D eigenvalue weighted by Gasteiger charge is -2.33. The molecule has 10 heavy (non-hydrogen) atoms. The third kappa shape index (κ3) is 1.62. The second kappa shape index (κ2) is 2.90. The molecule has 0 saturated heterocycles. The average molecular weight is 141 g/mol. The van der Waals surface area contributed by atoms with Crippen LogP contribution in [0.2, 0.25) is 0 Å². The first-order chi connectivity index (χ1) is 4.72. The molecular weight excluding hydrogens is 126 g/mol. The lowest BCUT2D eigenvalue weighted by Crippen LogP contribution is -2.46. The minimum Gasteiger partial charge on any atom is -0.370 e. The summed E-state index contributed by atoms with van der Waals surface area (Å²) in [6, 6.07) is 0.582. The molecule has 58 valence electrons.